The largest absolute Gasteiger partial charge is 0.497 e. The summed E-state index contributed by atoms with van der Waals surface area (Å²) < 4.78 is 5.24. The zero-order valence-corrected chi connectivity index (χ0v) is 12.5. The second-order valence-corrected chi connectivity index (χ2v) is 5.61. The number of hydrogen-bond donors (Lipinski definition) is 1. The lowest BCUT2D eigenvalue weighted by Crippen LogP contribution is -2.16. The van der Waals surface area contributed by atoms with Crippen molar-refractivity contribution in [2.75, 3.05) is 13.7 Å². The zero-order chi connectivity index (χ0) is 13.7. The molecule has 2 aromatic rings. The summed E-state index contributed by atoms with van der Waals surface area (Å²) in [5, 5.41) is 4.55. The van der Waals surface area contributed by atoms with Crippen LogP contribution in [0, 0.1) is 0 Å². The van der Waals surface area contributed by atoms with Crippen LogP contribution < -0.4 is 10.1 Å². The van der Waals surface area contributed by atoms with Crippen LogP contribution in [0.5, 0.6) is 5.75 Å². The summed E-state index contributed by atoms with van der Waals surface area (Å²) in [5.41, 5.74) is 1.23. The summed E-state index contributed by atoms with van der Waals surface area (Å²) in [5.74, 6) is 0.898. The van der Waals surface area contributed by atoms with Gasteiger partial charge >= 0.3 is 0 Å². The molecule has 0 radical (unpaired) electrons. The van der Waals surface area contributed by atoms with Crippen molar-refractivity contribution < 1.29 is 4.74 Å². The third kappa shape index (κ3) is 3.78. The monoisotopic (exact) mass is 276 g/mol. The number of benzene rings is 1. The topological polar surface area (TPSA) is 34.2 Å². The van der Waals surface area contributed by atoms with Crippen molar-refractivity contribution in [2.24, 2.45) is 0 Å². The van der Waals surface area contributed by atoms with Crippen molar-refractivity contribution in [3.63, 3.8) is 0 Å². The molecule has 102 valence electrons. The number of ether oxygens (including phenoxy) is 1. The van der Waals surface area contributed by atoms with Gasteiger partial charge in [0.2, 0.25) is 0 Å². The molecule has 1 aromatic heterocycles. The van der Waals surface area contributed by atoms with Crippen molar-refractivity contribution in [1.29, 1.82) is 0 Å². The molecule has 0 saturated carbocycles. The molecule has 0 fully saturated rings. The molecule has 1 atom stereocenters. The van der Waals surface area contributed by atoms with Crippen LogP contribution in [0.25, 0.3) is 0 Å². The van der Waals surface area contributed by atoms with Crippen LogP contribution in [0.4, 0.5) is 0 Å². The number of nitrogens with one attached hydrogen (secondary N) is 1. The van der Waals surface area contributed by atoms with Crippen LogP contribution in [-0.2, 0) is 6.42 Å². The molecule has 0 amide bonds. The maximum atomic E-state index is 5.24. The Kier molecular flexibility index (Phi) is 4.93. The van der Waals surface area contributed by atoms with Gasteiger partial charge in [0.15, 0.2) is 0 Å². The molecular formula is C15H20N2OS. The minimum absolute atomic E-state index is 0.376. The summed E-state index contributed by atoms with van der Waals surface area (Å²) in [6.45, 7) is 5.27. The molecule has 0 spiro atoms. The minimum atomic E-state index is 0.376. The first-order valence-corrected chi connectivity index (χ1v) is 7.35. The van der Waals surface area contributed by atoms with Crippen LogP contribution >= 0.6 is 11.3 Å². The molecule has 0 aliphatic carbocycles. The lowest BCUT2D eigenvalue weighted by atomic mass is 10.1. The molecule has 1 aromatic carbocycles. The average Bonchev–Trinajstić information content (AvgIpc) is 2.88. The van der Waals surface area contributed by atoms with Crippen molar-refractivity contribution in [3.05, 3.63) is 45.9 Å². The summed E-state index contributed by atoms with van der Waals surface area (Å²) in [6, 6.07) is 8.53. The third-order valence-electron chi connectivity index (χ3n) is 3.00. The van der Waals surface area contributed by atoms with Gasteiger partial charge in [0, 0.05) is 23.5 Å². The molecule has 1 heterocycles. The number of methoxy groups -OCH3 is 1. The van der Waals surface area contributed by atoms with Crippen molar-refractivity contribution in [2.45, 2.75) is 26.3 Å². The van der Waals surface area contributed by atoms with Crippen molar-refractivity contribution >= 4 is 11.3 Å². The lowest BCUT2D eigenvalue weighted by molar-refractivity contribution is 0.414. The van der Waals surface area contributed by atoms with E-state index in [1.54, 1.807) is 18.4 Å². The van der Waals surface area contributed by atoms with Gasteiger partial charge in [-0.05, 0) is 31.2 Å². The number of thiazole rings is 1. The fraction of sp³-hybridized carbons (Fsp3) is 0.400. The van der Waals surface area contributed by atoms with E-state index in [9.17, 15) is 0 Å². The fourth-order valence-electron chi connectivity index (χ4n) is 1.97. The van der Waals surface area contributed by atoms with E-state index in [1.165, 1.54) is 10.4 Å². The molecule has 0 saturated heterocycles. The molecular weight excluding hydrogens is 256 g/mol. The van der Waals surface area contributed by atoms with Gasteiger partial charge in [0.25, 0.3) is 0 Å². The van der Waals surface area contributed by atoms with E-state index in [-0.39, 0.29) is 0 Å². The van der Waals surface area contributed by atoms with Crippen LogP contribution in [-0.4, -0.2) is 18.6 Å². The Hall–Kier alpha value is -1.39. The van der Waals surface area contributed by atoms with E-state index in [4.69, 9.17) is 4.74 Å². The Morgan fingerprint density at radius 3 is 3.00 bits per heavy atom. The number of aromatic nitrogens is 1. The summed E-state index contributed by atoms with van der Waals surface area (Å²) >= 11 is 1.77. The van der Waals surface area contributed by atoms with Crippen molar-refractivity contribution in [3.8, 4) is 5.75 Å². The fourth-order valence-corrected chi connectivity index (χ4v) is 2.95. The predicted octanol–water partition coefficient (Wildman–Crippen LogP) is 3.41. The van der Waals surface area contributed by atoms with E-state index in [0.717, 1.165) is 23.7 Å². The molecule has 0 aliphatic rings. The van der Waals surface area contributed by atoms with Gasteiger partial charge in [-0.1, -0.05) is 19.1 Å². The SMILES string of the molecule is CCNC(C)c1cnc(Cc2cccc(OC)c2)s1. The standard InChI is InChI=1S/C15H20N2OS/c1-4-16-11(2)14-10-17-15(19-14)9-12-6-5-7-13(8-12)18-3/h5-8,10-11,16H,4,9H2,1-3H3. The maximum absolute atomic E-state index is 5.24. The normalized spacial score (nSPS) is 12.4. The maximum Gasteiger partial charge on any atom is 0.119 e. The van der Waals surface area contributed by atoms with Crippen LogP contribution in [0.3, 0.4) is 0 Å². The quantitative estimate of drug-likeness (QED) is 0.878. The summed E-state index contributed by atoms with van der Waals surface area (Å²) in [6.07, 6.45) is 2.84. The molecule has 2 rings (SSSR count). The highest BCUT2D eigenvalue weighted by molar-refractivity contribution is 7.11. The molecule has 1 N–H and O–H groups in total. The molecule has 4 heteroatoms. The van der Waals surface area contributed by atoms with Crippen LogP contribution in [0.2, 0.25) is 0 Å². The zero-order valence-electron chi connectivity index (χ0n) is 11.6. The first-order valence-electron chi connectivity index (χ1n) is 6.53. The van der Waals surface area contributed by atoms with Gasteiger partial charge in [-0.25, -0.2) is 4.98 Å². The average molecular weight is 276 g/mol. The molecule has 19 heavy (non-hydrogen) atoms. The highest BCUT2D eigenvalue weighted by atomic mass is 32.1. The number of hydrogen-bond acceptors (Lipinski definition) is 4. The Bertz CT molecular complexity index is 524. The highest BCUT2D eigenvalue weighted by Gasteiger charge is 2.09. The van der Waals surface area contributed by atoms with Crippen LogP contribution in [0.15, 0.2) is 30.5 Å². The summed E-state index contributed by atoms with van der Waals surface area (Å²) in [4.78, 5) is 5.80. The Balaban J connectivity index is 2.06. The van der Waals surface area contributed by atoms with Gasteiger partial charge in [0.1, 0.15) is 5.75 Å². The predicted molar refractivity (Wildman–Crippen MR) is 80.0 cm³/mol. The Morgan fingerprint density at radius 2 is 2.26 bits per heavy atom. The Labute approximate surface area is 118 Å². The number of rotatable bonds is 6. The van der Waals surface area contributed by atoms with Gasteiger partial charge in [-0.3, -0.25) is 0 Å². The second kappa shape index (κ2) is 6.68. The van der Waals surface area contributed by atoms with Gasteiger partial charge in [-0.2, -0.15) is 0 Å². The summed E-state index contributed by atoms with van der Waals surface area (Å²) in [7, 11) is 1.69. The van der Waals surface area contributed by atoms with E-state index in [1.807, 2.05) is 18.3 Å². The molecule has 0 aliphatic heterocycles. The molecule has 0 bridgehead atoms. The van der Waals surface area contributed by atoms with Crippen LogP contribution in [0.1, 0.15) is 35.3 Å². The van der Waals surface area contributed by atoms with Gasteiger partial charge < -0.3 is 10.1 Å². The van der Waals surface area contributed by atoms with Crippen molar-refractivity contribution in [1.82, 2.24) is 10.3 Å². The second-order valence-electron chi connectivity index (χ2n) is 4.46. The van der Waals surface area contributed by atoms with E-state index in [2.05, 4.69) is 36.3 Å². The first kappa shape index (κ1) is 14.0. The van der Waals surface area contributed by atoms with E-state index < -0.39 is 0 Å². The third-order valence-corrected chi connectivity index (χ3v) is 4.18. The van der Waals surface area contributed by atoms with Gasteiger partial charge in [0.05, 0.1) is 12.1 Å². The lowest BCUT2D eigenvalue weighted by Gasteiger charge is -2.08. The highest BCUT2D eigenvalue weighted by Crippen LogP contribution is 2.23. The minimum Gasteiger partial charge on any atom is -0.497 e. The smallest absolute Gasteiger partial charge is 0.119 e. The first-order chi connectivity index (χ1) is 9.22. The molecule has 3 nitrogen and oxygen atoms in total. The van der Waals surface area contributed by atoms with E-state index >= 15 is 0 Å². The molecule has 1 unspecified atom stereocenters. The Morgan fingerprint density at radius 1 is 1.42 bits per heavy atom. The number of nitrogens with zero attached hydrogens (tertiary/aromatic N) is 1. The van der Waals surface area contributed by atoms with Gasteiger partial charge in [-0.15, -0.1) is 11.3 Å². The van der Waals surface area contributed by atoms with E-state index in [0.29, 0.717) is 6.04 Å².